The number of carbonyl (C=O) groups is 1. The molecule has 2 rings (SSSR count). The first-order valence-electron chi connectivity index (χ1n) is 6.06. The van der Waals surface area contributed by atoms with E-state index >= 15 is 0 Å². The average molecular weight is 265 g/mol. The Kier molecular flexibility index (Phi) is 4.39. The Morgan fingerprint density at radius 2 is 2.00 bits per heavy atom. The molecular weight excluding hydrogens is 248 g/mol. The molecule has 1 aliphatic rings. The summed E-state index contributed by atoms with van der Waals surface area (Å²) in [5.41, 5.74) is 0.949. The molecule has 0 bridgehead atoms. The summed E-state index contributed by atoms with van der Waals surface area (Å²) in [6.45, 7) is 3.48. The van der Waals surface area contributed by atoms with Crippen molar-refractivity contribution in [2.75, 3.05) is 33.2 Å². The molecule has 0 unspecified atom stereocenters. The summed E-state index contributed by atoms with van der Waals surface area (Å²) in [6, 6.07) is 7.47. The van der Waals surface area contributed by atoms with Crippen molar-refractivity contribution < 1.29 is 4.79 Å². The van der Waals surface area contributed by atoms with Crippen LogP contribution in [0, 0.1) is 0 Å². The van der Waals surface area contributed by atoms with E-state index in [0.717, 1.165) is 31.7 Å². The van der Waals surface area contributed by atoms with E-state index in [1.54, 1.807) is 6.08 Å². The van der Waals surface area contributed by atoms with Crippen molar-refractivity contribution in [3.63, 3.8) is 0 Å². The van der Waals surface area contributed by atoms with Gasteiger partial charge in [-0.3, -0.25) is 4.79 Å². The maximum absolute atomic E-state index is 12.0. The van der Waals surface area contributed by atoms with Gasteiger partial charge in [-0.05, 0) is 30.8 Å². The van der Waals surface area contributed by atoms with Gasteiger partial charge in [-0.1, -0.05) is 23.7 Å². The van der Waals surface area contributed by atoms with Gasteiger partial charge in [0.1, 0.15) is 0 Å². The number of benzene rings is 1. The second-order valence-electron chi connectivity index (χ2n) is 4.52. The number of piperazine rings is 1. The zero-order chi connectivity index (χ0) is 13.0. The van der Waals surface area contributed by atoms with E-state index in [9.17, 15) is 4.79 Å². The Hall–Kier alpha value is -1.32. The van der Waals surface area contributed by atoms with Crippen molar-refractivity contribution in [2.45, 2.75) is 0 Å². The molecular formula is C14H17ClN2O. The molecule has 4 heteroatoms. The van der Waals surface area contributed by atoms with Crippen molar-refractivity contribution >= 4 is 23.6 Å². The molecule has 1 aromatic carbocycles. The maximum atomic E-state index is 12.0. The third-order valence-corrected chi connectivity index (χ3v) is 3.32. The standard InChI is InChI=1S/C14H17ClN2O/c1-16-7-9-17(10-8-16)14(18)6-5-12-3-2-4-13(15)11-12/h2-6,11H,7-10H2,1H3/b6-5+. The fourth-order valence-electron chi connectivity index (χ4n) is 1.91. The summed E-state index contributed by atoms with van der Waals surface area (Å²) < 4.78 is 0. The number of halogens is 1. The van der Waals surface area contributed by atoms with Gasteiger partial charge in [-0.25, -0.2) is 0 Å². The topological polar surface area (TPSA) is 23.6 Å². The minimum absolute atomic E-state index is 0.0723. The van der Waals surface area contributed by atoms with Crippen molar-refractivity contribution in [1.82, 2.24) is 9.80 Å². The maximum Gasteiger partial charge on any atom is 0.246 e. The molecule has 0 aromatic heterocycles. The molecule has 96 valence electrons. The van der Waals surface area contributed by atoms with E-state index in [1.807, 2.05) is 35.2 Å². The van der Waals surface area contributed by atoms with Gasteiger partial charge in [0.15, 0.2) is 0 Å². The summed E-state index contributed by atoms with van der Waals surface area (Å²) >= 11 is 5.89. The van der Waals surface area contributed by atoms with E-state index in [-0.39, 0.29) is 5.91 Å². The SMILES string of the molecule is CN1CCN(C(=O)/C=C/c2cccc(Cl)c2)CC1. The molecule has 1 heterocycles. The first-order valence-corrected chi connectivity index (χ1v) is 6.44. The number of carbonyl (C=O) groups excluding carboxylic acids is 1. The zero-order valence-corrected chi connectivity index (χ0v) is 11.2. The summed E-state index contributed by atoms with van der Waals surface area (Å²) in [5, 5.41) is 0.684. The van der Waals surface area contributed by atoms with Crippen LogP contribution in [0.15, 0.2) is 30.3 Å². The number of hydrogen-bond acceptors (Lipinski definition) is 2. The fraction of sp³-hybridized carbons (Fsp3) is 0.357. The molecule has 1 fully saturated rings. The molecule has 0 saturated carbocycles. The van der Waals surface area contributed by atoms with Crippen LogP contribution in [-0.4, -0.2) is 48.9 Å². The van der Waals surface area contributed by atoms with E-state index < -0.39 is 0 Å². The molecule has 3 nitrogen and oxygen atoms in total. The predicted octanol–water partition coefficient (Wildman–Crippen LogP) is 2.13. The Morgan fingerprint density at radius 3 is 2.67 bits per heavy atom. The molecule has 0 radical (unpaired) electrons. The Bertz CT molecular complexity index is 451. The fourth-order valence-corrected chi connectivity index (χ4v) is 2.11. The van der Waals surface area contributed by atoms with Crippen LogP contribution in [0.5, 0.6) is 0 Å². The van der Waals surface area contributed by atoms with E-state index in [2.05, 4.69) is 11.9 Å². The van der Waals surface area contributed by atoms with Crippen LogP contribution in [0.4, 0.5) is 0 Å². The number of hydrogen-bond donors (Lipinski definition) is 0. The van der Waals surface area contributed by atoms with Crippen molar-refractivity contribution in [1.29, 1.82) is 0 Å². The van der Waals surface area contributed by atoms with Crippen LogP contribution >= 0.6 is 11.6 Å². The second kappa shape index (κ2) is 6.03. The van der Waals surface area contributed by atoms with E-state index in [1.165, 1.54) is 0 Å². The van der Waals surface area contributed by atoms with Crippen LogP contribution in [-0.2, 0) is 4.79 Å². The molecule has 1 aliphatic heterocycles. The Labute approximate surface area is 113 Å². The van der Waals surface area contributed by atoms with Crippen LogP contribution in [0.3, 0.4) is 0 Å². The molecule has 0 aliphatic carbocycles. The minimum atomic E-state index is 0.0723. The summed E-state index contributed by atoms with van der Waals surface area (Å²) in [5.74, 6) is 0.0723. The molecule has 1 aromatic rings. The highest BCUT2D eigenvalue weighted by molar-refractivity contribution is 6.30. The lowest BCUT2D eigenvalue weighted by Gasteiger charge is -2.31. The number of nitrogens with zero attached hydrogens (tertiary/aromatic N) is 2. The molecule has 0 N–H and O–H groups in total. The van der Waals surface area contributed by atoms with E-state index in [0.29, 0.717) is 5.02 Å². The Morgan fingerprint density at radius 1 is 1.28 bits per heavy atom. The quantitative estimate of drug-likeness (QED) is 0.764. The highest BCUT2D eigenvalue weighted by atomic mass is 35.5. The second-order valence-corrected chi connectivity index (χ2v) is 4.95. The lowest BCUT2D eigenvalue weighted by Crippen LogP contribution is -2.46. The van der Waals surface area contributed by atoms with Crippen molar-refractivity contribution in [3.05, 3.63) is 40.9 Å². The van der Waals surface area contributed by atoms with Gasteiger partial charge in [-0.15, -0.1) is 0 Å². The average Bonchev–Trinajstić information content (AvgIpc) is 2.37. The summed E-state index contributed by atoms with van der Waals surface area (Å²) in [7, 11) is 2.07. The number of likely N-dealkylation sites (N-methyl/N-ethyl adjacent to an activating group) is 1. The molecule has 0 spiro atoms. The van der Waals surface area contributed by atoms with Crippen LogP contribution in [0.2, 0.25) is 5.02 Å². The number of amides is 1. The molecule has 18 heavy (non-hydrogen) atoms. The van der Waals surface area contributed by atoms with Crippen molar-refractivity contribution in [2.24, 2.45) is 0 Å². The van der Waals surface area contributed by atoms with Crippen LogP contribution in [0.1, 0.15) is 5.56 Å². The van der Waals surface area contributed by atoms with Gasteiger partial charge in [-0.2, -0.15) is 0 Å². The van der Waals surface area contributed by atoms with Gasteiger partial charge in [0.05, 0.1) is 0 Å². The highest BCUT2D eigenvalue weighted by Crippen LogP contribution is 2.12. The third kappa shape index (κ3) is 3.59. The third-order valence-electron chi connectivity index (χ3n) is 3.08. The number of rotatable bonds is 2. The summed E-state index contributed by atoms with van der Waals surface area (Å²) in [4.78, 5) is 16.1. The minimum Gasteiger partial charge on any atom is -0.337 e. The van der Waals surface area contributed by atoms with E-state index in [4.69, 9.17) is 11.6 Å². The van der Waals surface area contributed by atoms with Gasteiger partial charge < -0.3 is 9.80 Å². The van der Waals surface area contributed by atoms with Crippen molar-refractivity contribution in [3.8, 4) is 0 Å². The molecule has 1 saturated heterocycles. The smallest absolute Gasteiger partial charge is 0.246 e. The van der Waals surface area contributed by atoms with Gasteiger partial charge in [0.2, 0.25) is 5.91 Å². The van der Waals surface area contributed by atoms with Gasteiger partial charge >= 0.3 is 0 Å². The predicted molar refractivity (Wildman–Crippen MR) is 74.6 cm³/mol. The monoisotopic (exact) mass is 264 g/mol. The largest absolute Gasteiger partial charge is 0.337 e. The zero-order valence-electron chi connectivity index (χ0n) is 10.5. The molecule has 0 atom stereocenters. The lowest BCUT2D eigenvalue weighted by atomic mass is 10.2. The normalized spacial score (nSPS) is 17.3. The van der Waals surface area contributed by atoms with Crippen LogP contribution < -0.4 is 0 Å². The summed E-state index contributed by atoms with van der Waals surface area (Å²) in [6.07, 6.45) is 3.43. The first-order chi connectivity index (χ1) is 8.65. The van der Waals surface area contributed by atoms with Gasteiger partial charge in [0.25, 0.3) is 0 Å². The lowest BCUT2D eigenvalue weighted by molar-refractivity contribution is -0.127. The Balaban J connectivity index is 1.94. The highest BCUT2D eigenvalue weighted by Gasteiger charge is 2.16. The van der Waals surface area contributed by atoms with Gasteiger partial charge in [0, 0.05) is 37.3 Å². The molecule has 1 amide bonds. The van der Waals surface area contributed by atoms with Crippen LogP contribution in [0.25, 0.3) is 6.08 Å². The first kappa shape index (κ1) is 13.1.